The Hall–Kier alpha value is -3.28. The fourth-order valence-electron chi connectivity index (χ4n) is 3.20. The van der Waals surface area contributed by atoms with Crippen LogP contribution in [0.1, 0.15) is 23.0 Å². The maximum absolute atomic E-state index is 13.0. The molecule has 1 aliphatic rings. The van der Waals surface area contributed by atoms with Crippen molar-refractivity contribution >= 4 is 23.2 Å². The number of hydrogen-bond donors (Lipinski definition) is 1. The van der Waals surface area contributed by atoms with Crippen molar-refractivity contribution in [3.05, 3.63) is 77.9 Å². The van der Waals surface area contributed by atoms with E-state index in [4.69, 9.17) is 0 Å². The molecule has 130 valence electrons. The number of nitrogens with zero attached hydrogens (tertiary/aromatic N) is 3. The van der Waals surface area contributed by atoms with Gasteiger partial charge in [0.05, 0.1) is 0 Å². The molecule has 1 aromatic heterocycles. The summed E-state index contributed by atoms with van der Waals surface area (Å²) in [6, 6.07) is 15.5. The SMILES string of the molecule is CC1Cc2ccccc2N1C(=O)c1ccnc(Nc2ccc(F)cc2)n1. The quantitative estimate of drug-likeness (QED) is 0.779. The molecule has 1 N–H and O–H groups in total. The van der Waals surface area contributed by atoms with Crippen molar-refractivity contribution in [2.24, 2.45) is 0 Å². The fourth-order valence-corrected chi connectivity index (χ4v) is 3.20. The summed E-state index contributed by atoms with van der Waals surface area (Å²) >= 11 is 0. The Morgan fingerprint density at radius 1 is 1.15 bits per heavy atom. The molecule has 2 aromatic carbocycles. The predicted octanol–water partition coefficient (Wildman–Crippen LogP) is 3.95. The van der Waals surface area contributed by atoms with Gasteiger partial charge in [-0.2, -0.15) is 0 Å². The standard InChI is InChI=1S/C20H17FN4O/c1-13-12-14-4-2-3-5-18(14)25(13)19(26)17-10-11-22-20(24-17)23-16-8-6-15(21)7-9-16/h2-11,13H,12H2,1H3,(H,22,23,24). The zero-order valence-corrected chi connectivity index (χ0v) is 14.2. The number of anilines is 3. The first-order valence-corrected chi connectivity index (χ1v) is 8.39. The highest BCUT2D eigenvalue weighted by molar-refractivity contribution is 6.06. The second-order valence-corrected chi connectivity index (χ2v) is 6.25. The number of carbonyl (C=O) groups is 1. The van der Waals surface area contributed by atoms with Crippen LogP contribution in [-0.2, 0) is 6.42 Å². The normalized spacial score (nSPS) is 15.6. The van der Waals surface area contributed by atoms with Gasteiger partial charge in [0.1, 0.15) is 11.5 Å². The molecule has 1 atom stereocenters. The van der Waals surface area contributed by atoms with Crippen LogP contribution in [0.3, 0.4) is 0 Å². The molecule has 26 heavy (non-hydrogen) atoms. The lowest BCUT2D eigenvalue weighted by molar-refractivity contribution is 0.0976. The Labute approximate surface area is 150 Å². The molecule has 1 unspecified atom stereocenters. The summed E-state index contributed by atoms with van der Waals surface area (Å²) in [7, 11) is 0. The lowest BCUT2D eigenvalue weighted by Gasteiger charge is -2.22. The minimum absolute atomic E-state index is 0.0726. The summed E-state index contributed by atoms with van der Waals surface area (Å²) < 4.78 is 13.0. The Morgan fingerprint density at radius 3 is 2.73 bits per heavy atom. The van der Waals surface area contributed by atoms with Crippen LogP contribution in [0.2, 0.25) is 0 Å². The number of hydrogen-bond acceptors (Lipinski definition) is 4. The van der Waals surface area contributed by atoms with Gasteiger partial charge in [-0.05, 0) is 55.3 Å². The third kappa shape index (κ3) is 3.01. The Bertz CT molecular complexity index is 958. The fraction of sp³-hybridized carbons (Fsp3) is 0.150. The molecular formula is C20H17FN4O. The summed E-state index contributed by atoms with van der Waals surface area (Å²) in [6.07, 6.45) is 2.37. The summed E-state index contributed by atoms with van der Waals surface area (Å²) in [4.78, 5) is 23.3. The van der Waals surface area contributed by atoms with Gasteiger partial charge in [0, 0.05) is 23.6 Å². The monoisotopic (exact) mass is 348 g/mol. The first-order chi connectivity index (χ1) is 12.6. The number of fused-ring (bicyclic) bond motifs is 1. The van der Waals surface area contributed by atoms with E-state index in [9.17, 15) is 9.18 Å². The molecule has 0 saturated heterocycles. The molecular weight excluding hydrogens is 331 g/mol. The van der Waals surface area contributed by atoms with E-state index in [0.717, 1.165) is 17.7 Å². The minimum atomic E-state index is -0.318. The van der Waals surface area contributed by atoms with Crippen molar-refractivity contribution < 1.29 is 9.18 Å². The number of para-hydroxylation sites is 1. The zero-order chi connectivity index (χ0) is 18.1. The molecule has 0 saturated carbocycles. The van der Waals surface area contributed by atoms with Gasteiger partial charge in [-0.1, -0.05) is 18.2 Å². The van der Waals surface area contributed by atoms with E-state index >= 15 is 0 Å². The second-order valence-electron chi connectivity index (χ2n) is 6.25. The molecule has 1 aliphatic heterocycles. The van der Waals surface area contributed by atoms with Crippen molar-refractivity contribution in [2.45, 2.75) is 19.4 Å². The van der Waals surface area contributed by atoms with Crippen LogP contribution in [0.25, 0.3) is 0 Å². The first kappa shape index (κ1) is 16.2. The Balaban J connectivity index is 1.60. The third-order valence-electron chi connectivity index (χ3n) is 4.40. The second kappa shape index (κ2) is 6.55. The number of carbonyl (C=O) groups excluding carboxylic acids is 1. The van der Waals surface area contributed by atoms with Crippen LogP contribution in [0, 0.1) is 5.82 Å². The molecule has 0 bridgehead atoms. The summed E-state index contributed by atoms with van der Waals surface area (Å²) in [5.41, 5.74) is 3.05. The molecule has 3 aromatic rings. The number of rotatable bonds is 3. The minimum Gasteiger partial charge on any atom is -0.324 e. The number of amides is 1. The van der Waals surface area contributed by atoms with E-state index in [2.05, 4.69) is 15.3 Å². The van der Waals surface area contributed by atoms with E-state index in [1.807, 2.05) is 31.2 Å². The van der Waals surface area contributed by atoms with Crippen LogP contribution < -0.4 is 10.2 Å². The summed E-state index contributed by atoms with van der Waals surface area (Å²) in [5, 5.41) is 2.99. The maximum atomic E-state index is 13.0. The van der Waals surface area contributed by atoms with Gasteiger partial charge in [-0.25, -0.2) is 14.4 Å². The van der Waals surface area contributed by atoms with Crippen molar-refractivity contribution in [3.8, 4) is 0 Å². The van der Waals surface area contributed by atoms with E-state index in [-0.39, 0.29) is 17.8 Å². The number of halogens is 1. The van der Waals surface area contributed by atoms with E-state index in [0.29, 0.717) is 17.3 Å². The third-order valence-corrected chi connectivity index (χ3v) is 4.40. The molecule has 4 rings (SSSR count). The highest BCUT2D eigenvalue weighted by Crippen LogP contribution is 2.32. The van der Waals surface area contributed by atoms with Gasteiger partial charge in [0.2, 0.25) is 5.95 Å². The van der Waals surface area contributed by atoms with Gasteiger partial charge < -0.3 is 10.2 Å². The predicted molar refractivity (Wildman–Crippen MR) is 98.1 cm³/mol. The summed E-state index contributed by atoms with van der Waals surface area (Å²) in [5.74, 6) is -0.184. The van der Waals surface area contributed by atoms with Crippen LogP contribution in [0.4, 0.5) is 21.7 Å². The van der Waals surface area contributed by atoms with Gasteiger partial charge >= 0.3 is 0 Å². The molecule has 0 aliphatic carbocycles. The maximum Gasteiger partial charge on any atom is 0.277 e. The van der Waals surface area contributed by atoms with Crippen molar-refractivity contribution in [3.63, 3.8) is 0 Å². The van der Waals surface area contributed by atoms with E-state index in [1.54, 1.807) is 29.3 Å². The molecule has 1 amide bonds. The zero-order valence-electron chi connectivity index (χ0n) is 14.2. The van der Waals surface area contributed by atoms with Crippen LogP contribution in [0.15, 0.2) is 60.8 Å². The molecule has 0 fully saturated rings. The largest absolute Gasteiger partial charge is 0.324 e. The Morgan fingerprint density at radius 2 is 1.92 bits per heavy atom. The van der Waals surface area contributed by atoms with Crippen LogP contribution in [0.5, 0.6) is 0 Å². The van der Waals surface area contributed by atoms with Gasteiger partial charge in [-0.3, -0.25) is 4.79 Å². The molecule has 2 heterocycles. The number of aromatic nitrogens is 2. The first-order valence-electron chi connectivity index (χ1n) is 8.39. The summed E-state index contributed by atoms with van der Waals surface area (Å²) in [6.45, 7) is 2.02. The van der Waals surface area contributed by atoms with Crippen molar-refractivity contribution in [1.82, 2.24) is 9.97 Å². The highest BCUT2D eigenvalue weighted by Gasteiger charge is 2.31. The molecule has 6 heteroatoms. The average Bonchev–Trinajstić information content (AvgIpc) is 2.99. The van der Waals surface area contributed by atoms with Gasteiger partial charge in [0.25, 0.3) is 5.91 Å². The van der Waals surface area contributed by atoms with Crippen molar-refractivity contribution in [1.29, 1.82) is 0 Å². The molecule has 5 nitrogen and oxygen atoms in total. The molecule has 0 spiro atoms. The van der Waals surface area contributed by atoms with Gasteiger partial charge in [0.15, 0.2) is 0 Å². The lowest BCUT2D eigenvalue weighted by Crippen LogP contribution is -2.36. The van der Waals surface area contributed by atoms with Crippen molar-refractivity contribution in [2.75, 3.05) is 10.2 Å². The number of nitrogens with one attached hydrogen (secondary N) is 1. The lowest BCUT2D eigenvalue weighted by atomic mass is 10.1. The topological polar surface area (TPSA) is 58.1 Å². The van der Waals surface area contributed by atoms with Crippen LogP contribution >= 0.6 is 0 Å². The average molecular weight is 348 g/mol. The Kier molecular flexibility index (Phi) is 4.08. The van der Waals surface area contributed by atoms with E-state index < -0.39 is 0 Å². The molecule has 0 radical (unpaired) electrons. The number of benzene rings is 2. The van der Waals surface area contributed by atoms with Gasteiger partial charge in [-0.15, -0.1) is 0 Å². The highest BCUT2D eigenvalue weighted by atomic mass is 19.1. The smallest absolute Gasteiger partial charge is 0.277 e. The van der Waals surface area contributed by atoms with E-state index in [1.165, 1.54) is 12.1 Å². The van der Waals surface area contributed by atoms with Crippen LogP contribution in [-0.4, -0.2) is 21.9 Å².